The molecule has 31 heavy (non-hydrogen) atoms. The number of nitrogens with zero attached hydrogens (tertiary/aromatic N) is 2. The molecule has 0 bridgehead atoms. The van der Waals surface area contributed by atoms with Crippen molar-refractivity contribution in [3.63, 3.8) is 0 Å². The number of benzene rings is 2. The SMILES string of the molecule is Cc1ccccc1-n1cc(C(=O)NCc2ccc(C(=O)NC(C)(C)C(N)=O)cc2)cn1. The molecule has 3 aromatic rings. The number of primary amides is 1. The molecule has 3 rings (SSSR count). The van der Waals surface area contributed by atoms with Gasteiger partial charge < -0.3 is 16.4 Å². The molecule has 1 aromatic heterocycles. The first-order valence-corrected chi connectivity index (χ1v) is 9.77. The van der Waals surface area contributed by atoms with Crippen molar-refractivity contribution in [1.82, 2.24) is 20.4 Å². The van der Waals surface area contributed by atoms with Crippen LogP contribution in [0.25, 0.3) is 5.69 Å². The molecule has 0 radical (unpaired) electrons. The zero-order valence-electron chi connectivity index (χ0n) is 17.7. The molecular weight excluding hydrogens is 394 g/mol. The third-order valence-corrected chi connectivity index (χ3v) is 4.92. The maximum Gasteiger partial charge on any atom is 0.254 e. The average Bonchev–Trinajstić information content (AvgIpc) is 3.22. The van der Waals surface area contributed by atoms with Crippen LogP contribution in [0.15, 0.2) is 60.9 Å². The Morgan fingerprint density at radius 3 is 2.32 bits per heavy atom. The number of amides is 3. The van der Waals surface area contributed by atoms with Crippen LogP contribution in [0.5, 0.6) is 0 Å². The van der Waals surface area contributed by atoms with Crippen LogP contribution in [-0.2, 0) is 11.3 Å². The van der Waals surface area contributed by atoms with Gasteiger partial charge in [-0.15, -0.1) is 0 Å². The molecule has 0 saturated heterocycles. The number of hydrogen-bond donors (Lipinski definition) is 3. The van der Waals surface area contributed by atoms with Crippen LogP contribution in [0.4, 0.5) is 0 Å². The fourth-order valence-electron chi connectivity index (χ4n) is 2.87. The molecule has 0 spiro atoms. The standard InChI is InChI=1S/C23H25N5O3/c1-15-6-4-5-7-19(15)28-14-18(13-26-28)20(29)25-12-16-8-10-17(11-9-16)21(30)27-23(2,3)22(24)31/h4-11,13-14H,12H2,1-3H3,(H2,24,31)(H,25,29)(H,27,30). The normalized spacial score (nSPS) is 11.1. The summed E-state index contributed by atoms with van der Waals surface area (Å²) in [6, 6.07) is 14.5. The highest BCUT2D eigenvalue weighted by atomic mass is 16.2. The summed E-state index contributed by atoms with van der Waals surface area (Å²) < 4.78 is 1.67. The van der Waals surface area contributed by atoms with Crippen molar-refractivity contribution in [2.45, 2.75) is 32.9 Å². The summed E-state index contributed by atoms with van der Waals surface area (Å²) in [5, 5.41) is 9.71. The number of rotatable bonds is 7. The molecule has 1 heterocycles. The fourth-order valence-corrected chi connectivity index (χ4v) is 2.87. The van der Waals surface area contributed by atoms with Gasteiger partial charge in [-0.3, -0.25) is 14.4 Å². The molecule has 0 aliphatic carbocycles. The van der Waals surface area contributed by atoms with E-state index in [-0.39, 0.29) is 5.91 Å². The maximum atomic E-state index is 12.5. The summed E-state index contributed by atoms with van der Waals surface area (Å²) >= 11 is 0. The van der Waals surface area contributed by atoms with E-state index >= 15 is 0 Å². The van der Waals surface area contributed by atoms with Crippen LogP contribution >= 0.6 is 0 Å². The Labute approximate surface area is 180 Å². The summed E-state index contributed by atoms with van der Waals surface area (Å²) in [7, 11) is 0. The van der Waals surface area contributed by atoms with Gasteiger partial charge in [-0.2, -0.15) is 5.10 Å². The number of nitrogens with one attached hydrogen (secondary N) is 2. The topological polar surface area (TPSA) is 119 Å². The Balaban J connectivity index is 1.59. The molecule has 0 unspecified atom stereocenters. The first-order chi connectivity index (χ1) is 14.7. The van der Waals surface area contributed by atoms with Gasteiger partial charge in [0.1, 0.15) is 5.54 Å². The number of aromatic nitrogens is 2. The van der Waals surface area contributed by atoms with E-state index in [9.17, 15) is 14.4 Å². The van der Waals surface area contributed by atoms with E-state index in [4.69, 9.17) is 5.73 Å². The van der Waals surface area contributed by atoms with Crippen LogP contribution < -0.4 is 16.4 Å². The van der Waals surface area contributed by atoms with E-state index in [2.05, 4.69) is 15.7 Å². The van der Waals surface area contributed by atoms with Gasteiger partial charge in [-0.25, -0.2) is 4.68 Å². The Morgan fingerprint density at radius 1 is 1.00 bits per heavy atom. The summed E-state index contributed by atoms with van der Waals surface area (Å²) in [4.78, 5) is 36.1. The number of aryl methyl sites for hydroxylation is 1. The molecule has 4 N–H and O–H groups in total. The van der Waals surface area contributed by atoms with Crippen molar-refractivity contribution >= 4 is 17.7 Å². The Hall–Kier alpha value is -3.94. The Kier molecular flexibility index (Phi) is 6.20. The van der Waals surface area contributed by atoms with Crippen LogP contribution in [0.2, 0.25) is 0 Å². The van der Waals surface area contributed by atoms with Gasteiger partial charge in [0, 0.05) is 18.3 Å². The lowest BCUT2D eigenvalue weighted by Crippen LogP contribution is -2.53. The minimum atomic E-state index is -1.15. The second-order valence-corrected chi connectivity index (χ2v) is 7.78. The van der Waals surface area contributed by atoms with E-state index in [0.717, 1.165) is 16.8 Å². The summed E-state index contributed by atoms with van der Waals surface area (Å²) in [5.41, 5.74) is 7.77. The van der Waals surface area contributed by atoms with Gasteiger partial charge in [0.25, 0.3) is 11.8 Å². The van der Waals surface area contributed by atoms with Crippen molar-refractivity contribution in [3.8, 4) is 5.69 Å². The summed E-state index contributed by atoms with van der Waals surface area (Å²) in [6.45, 7) is 5.36. The highest BCUT2D eigenvalue weighted by Crippen LogP contribution is 2.13. The Bertz CT molecular complexity index is 1120. The first-order valence-electron chi connectivity index (χ1n) is 9.77. The van der Waals surface area contributed by atoms with E-state index in [0.29, 0.717) is 17.7 Å². The van der Waals surface area contributed by atoms with Gasteiger partial charge in [-0.05, 0) is 50.1 Å². The number of carbonyl (C=O) groups excluding carboxylic acids is 3. The van der Waals surface area contributed by atoms with Crippen LogP contribution in [-0.4, -0.2) is 33.0 Å². The zero-order valence-corrected chi connectivity index (χ0v) is 17.7. The van der Waals surface area contributed by atoms with Crippen molar-refractivity contribution in [1.29, 1.82) is 0 Å². The molecule has 0 atom stereocenters. The van der Waals surface area contributed by atoms with Crippen molar-refractivity contribution in [2.75, 3.05) is 0 Å². The largest absolute Gasteiger partial charge is 0.368 e. The highest BCUT2D eigenvalue weighted by molar-refractivity contribution is 5.98. The zero-order chi connectivity index (χ0) is 22.6. The van der Waals surface area contributed by atoms with Crippen molar-refractivity contribution < 1.29 is 14.4 Å². The molecule has 0 saturated carbocycles. The highest BCUT2D eigenvalue weighted by Gasteiger charge is 2.27. The smallest absolute Gasteiger partial charge is 0.254 e. The van der Waals surface area contributed by atoms with Gasteiger partial charge in [0.05, 0.1) is 17.4 Å². The second kappa shape index (κ2) is 8.83. The molecular formula is C23H25N5O3. The predicted octanol–water partition coefficient (Wildman–Crippen LogP) is 2.10. The molecule has 8 heteroatoms. The van der Waals surface area contributed by atoms with Crippen LogP contribution in [0.1, 0.15) is 45.7 Å². The van der Waals surface area contributed by atoms with Gasteiger partial charge in [0.15, 0.2) is 0 Å². The monoisotopic (exact) mass is 419 g/mol. The van der Waals surface area contributed by atoms with Gasteiger partial charge in [0.2, 0.25) is 5.91 Å². The van der Waals surface area contributed by atoms with E-state index < -0.39 is 17.4 Å². The lowest BCUT2D eigenvalue weighted by atomic mass is 10.0. The van der Waals surface area contributed by atoms with Crippen LogP contribution in [0, 0.1) is 6.92 Å². The van der Waals surface area contributed by atoms with E-state index in [1.807, 2.05) is 31.2 Å². The first kappa shape index (κ1) is 21.8. The lowest BCUT2D eigenvalue weighted by molar-refractivity contribution is -0.122. The third kappa shape index (κ3) is 5.16. The molecule has 0 aliphatic heterocycles. The average molecular weight is 419 g/mol. The summed E-state index contributed by atoms with van der Waals surface area (Å²) in [5.74, 6) is -1.27. The lowest BCUT2D eigenvalue weighted by Gasteiger charge is -2.22. The molecule has 0 fully saturated rings. The number of carbonyl (C=O) groups is 3. The molecule has 2 aromatic carbocycles. The summed E-state index contributed by atoms with van der Waals surface area (Å²) in [6.07, 6.45) is 3.21. The number of hydrogen-bond acceptors (Lipinski definition) is 4. The molecule has 0 aliphatic rings. The number of nitrogens with two attached hydrogens (primary N) is 1. The predicted molar refractivity (Wildman–Crippen MR) is 117 cm³/mol. The van der Waals surface area contributed by atoms with E-state index in [1.165, 1.54) is 6.20 Å². The Morgan fingerprint density at radius 2 is 1.68 bits per heavy atom. The quantitative estimate of drug-likeness (QED) is 0.543. The third-order valence-electron chi connectivity index (χ3n) is 4.92. The molecule has 160 valence electrons. The van der Waals surface area contributed by atoms with Crippen molar-refractivity contribution in [2.24, 2.45) is 5.73 Å². The van der Waals surface area contributed by atoms with Crippen molar-refractivity contribution in [3.05, 3.63) is 83.2 Å². The minimum Gasteiger partial charge on any atom is -0.368 e. The van der Waals surface area contributed by atoms with E-state index in [1.54, 1.807) is 49.0 Å². The number of para-hydroxylation sites is 1. The minimum absolute atomic E-state index is 0.245. The molecule has 8 nitrogen and oxygen atoms in total. The van der Waals surface area contributed by atoms with Crippen LogP contribution in [0.3, 0.4) is 0 Å². The molecule has 3 amide bonds. The second-order valence-electron chi connectivity index (χ2n) is 7.78. The van der Waals surface area contributed by atoms with Gasteiger partial charge in [-0.1, -0.05) is 30.3 Å². The fraction of sp³-hybridized carbons (Fsp3) is 0.217. The maximum absolute atomic E-state index is 12.5. The van der Waals surface area contributed by atoms with Gasteiger partial charge >= 0.3 is 0 Å².